The number of methoxy groups -OCH3 is 1. The summed E-state index contributed by atoms with van der Waals surface area (Å²) in [6, 6.07) is 0. The van der Waals surface area contributed by atoms with Crippen LogP contribution in [0.4, 0.5) is 0 Å². The Morgan fingerprint density at radius 2 is 1.96 bits per heavy atom. The maximum atomic E-state index is 11.1. The Morgan fingerprint density at radius 1 is 1.19 bits per heavy atom. The monoisotopic (exact) mass is 368 g/mol. The minimum absolute atomic E-state index is 0.0408. The molecule has 150 valence electrons. The van der Waals surface area contributed by atoms with Crippen molar-refractivity contribution in [3.8, 4) is 0 Å². The molecule has 1 aliphatic carbocycles. The molecular formula is C21H36O5. The summed E-state index contributed by atoms with van der Waals surface area (Å²) < 4.78 is 4.60. The van der Waals surface area contributed by atoms with Crippen molar-refractivity contribution in [3.63, 3.8) is 0 Å². The summed E-state index contributed by atoms with van der Waals surface area (Å²) >= 11 is 0. The lowest BCUT2D eigenvalue weighted by Gasteiger charge is -2.19. The smallest absolute Gasteiger partial charge is 0.305 e. The Balaban J connectivity index is 2.44. The first-order valence-corrected chi connectivity index (χ1v) is 9.93. The third-order valence-electron chi connectivity index (χ3n) is 5.13. The summed E-state index contributed by atoms with van der Waals surface area (Å²) in [6.45, 7) is 2.13. The largest absolute Gasteiger partial charge is 0.469 e. The van der Waals surface area contributed by atoms with E-state index in [1.54, 1.807) is 6.08 Å². The number of rotatable bonds is 12. The highest BCUT2D eigenvalue weighted by molar-refractivity contribution is 5.69. The molecule has 0 bridgehead atoms. The molecule has 1 saturated carbocycles. The first-order valence-electron chi connectivity index (χ1n) is 9.93. The van der Waals surface area contributed by atoms with Crippen LogP contribution in [0.3, 0.4) is 0 Å². The van der Waals surface area contributed by atoms with Crippen molar-refractivity contribution in [2.45, 2.75) is 83.0 Å². The predicted molar refractivity (Wildman–Crippen MR) is 103 cm³/mol. The van der Waals surface area contributed by atoms with Crippen LogP contribution in [0, 0.1) is 11.8 Å². The molecule has 1 aliphatic rings. The van der Waals surface area contributed by atoms with Crippen molar-refractivity contribution in [2.24, 2.45) is 11.8 Å². The molecule has 0 aliphatic heterocycles. The van der Waals surface area contributed by atoms with Gasteiger partial charge in [-0.15, -0.1) is 0 Å². The van der Waals surface area contributed by atoms with Gasteiger partial charge in [0.25, 0.3) is 0 Å². The van der Waals surface area contributed by atoms with E-state index in [1.165, 1.54) is 7.11 Å². The number of carbonyl (C=O) groups is 1. The number of aliphatic hydroxyl groups is 3. The fraction of sp³-hybridized carbons (Fsp3) is 0.762. The van der Waals surface area contributed by atoms with Crippen LogP contribution < -0.4 is 0 Å². The lowest BCUT2D eigenvalue weighted by Crippen LogP contribution is -2.20. The van der Waals surface area contributed by atoms with E-state index >= 15 is 0 Å². The molecule has 0 heterocycles. The van der Waals surface area contributed by atoms with E-state index in [4.69, 9.17) is 0 Å². The summed E-state index contributed by atoms with van der Waals surface area (Å²) in [5.41, 5.74) is 0. The lowest BCUT2D eigenvalue weighted by molar-refractivity contribution is -0.140. The van der Waals surface area contributed by atoms with Crippen LogP contribution in [0.25, 0.3) is 0 Å². The first kappa shape index (κ1) is 22.9. The number of allylic oxidation sites excluding steroid dienone is 2. The fourth-order valence-electron chi connectivity index (χ4n) is 3.50. The summed E-state index contributed by atoms with van der Waals surface area (Å²) in [6.07, 6.45) is 13.1. The molecule has 0 unspecified atom stereocenters. The molecule has 3 N–H and O–H groups in total. The molecule has 0 amide bonds. The second kappa shape index (κ2) is 13.1. The van der Waals surface area contributed by atoms with Crippen LogP contribution in [-0.2, 0) is 9.53 Å². The highest BCUT2D eigenvalue weighted by Gasteiger charge is 2.39. The van der Waals surface area contributed by atoms with E-state index in [0.29, 0.717) is 19.3 Å². The van der Waals surface area contributed by atoms with Crippen LogP contribution in [0.1, 0.15) is 64.7 Å². The Hall–Kier alpha value is -1.17. The Morgan fingerprint density at radius 3 is 2.65 bits per heavy atom. The van der Waals surface area contributed by atoms with Crippen molar-refractivity contribution in [1.82, 2.24) is 0 Å². The van der Waals surface area contributed by atoms with Gasteiger partial charge < -0.3 is 20.1 Å². The van der Waals surface area contributed by atoms with Gasteiger partial charge in [0.05, 0.1) is 25.4 Å². The van der Waals surface area contributed by atoms with E-state index in [1.807, 2.05) is 18.2 Å². The maximum Gasteiger partial charge on any atom is 0.305 e. The Labute approximate surface area is 157 Å². The molecule has 5 nitrogen and oxygen atoms in total. The zero-order valence-electron chi connectivity index (χ0n) is 16.2. The molecule has 5 heteroatoms. The number of esters is 1. The normalized spacial score (nSPS) is 27.4. The minimum Gasteiger partial charge on any atom is -0.469 e. The summed E-state index contributed by atoms with van der Waals surface area (Å²) in [5, 5.41) is 30.5. The molecule has 0 aromatic heterocycles. The highest BCUT2D eigenvalue weighted by atomic mass is 16.5. The van der Waals surface area contributed by atoms with E-state index in [9.17, 15) is 20.1 Å². The Kier molecular flexibility index (Phi) is 11.5. The topological polar surface area (TPSA) is 87.0 Å². The van der Waals surface area contributed by atoms with Gasteiger partial charge in [-0.05, 0) is 31.6 Å². The highest BCUT2D eigenvalue weighted by Crippen LogP contribution is 2.36. The van der Waals surface area contributed by atoms with Crippen molar-refractivity contribution < 1.29 is 24.9 Å². The average molecular weight is 369 g/mol. The number of unbranched alkanes of at least 4 members (excludes halogenated alkanes) is 3. The zero-order valence-corrected chi connectivity index (χ0v) is 16.2. The van der Waals surface area contributed by atoms with Gasteiger partial charge >= 0.3 is 5.97 Å². The standard InChI is InChI=1S/C21H36O5/c1-3-4-7-10-16(22)13-14-18-17(19(23)15-20(18)24)11-8-5-6-9-12-21(25)26-2/h5,8,13-14,16-20,22-24H,3-4,6-7,9-12,15H2,1-2H3/b8-5+,14-13+/t16-,17-,18+,19+,20-/m1/s1. The van der Waals surface area contributed by atoms with Gasteiger partial charge in [0, 0.05) is 18.8 Å². The third kappa shape index (κ3) is 8.47. The van der Waals surface area contributed by atoms with E-state index in [0.717, 1.165) is 38.5 Å². The SMILES string of the molecule is CCCCC[C@@H](O)/C=C/[C@H]1[C@@H](C/C=C/CCCC(=O)OC)[C@@H](O)C[C@H]1O. The van der Waals surface area contributed by atoms with Gasteiger partial charge in [-0.3, -0.25) is 4.79 Å². The summed E-state index contributed by atoms with van der Waals surface area (Å²) in [5.74, 6) is -0.373. The van der Waals surface area contributed by atoms with Crippen molar-refractivity contribution in [3.05, 3.63) is 24.3 Å². The molecule has 0 aromatic carbocycles. The van der Waals surface area contributed by atoms with Gasteiger partial charge in [0.15, 0.2) is 0 Å². The molecular weight excluding hydrogens is 332 g/mol. The average Bonchev–Trinajstić information content (AvgIpc) is 2.89. The van der Waals surface area contributed by atoms with Crippen molar-refractivity contribution in [1.29, 1.82) is 0 Å². The molecule has 0 saturated heterocycles. The fourth-order valence-corrected chi connectivity index (χ4v) is 3.50. The number of carbonyl (C=O) groups excluding carboxylic acids is 1. The van der Waals surface area contributed by atoms with Gasteiger partial charge in [-0.1, -0.05) is 50.5 Å². The Bertz CT molecular complexity index is 446. The van der Waals surface area contributed by atoms with E-state index in [-0.39, 0.29) is 17.8 Å². The van der Waals surface area contributed by atoms with Gasteiger partial charge in [-0.25, -0.2) is 0 Å². The number of ether oxygens (including phenoxy) is 1. The van der Waals surface area contributed by atoms with Crippen molar-refractivity contribution in [2.75, 3.05) is 7.11 Å². The number of aliphatic hydroxyl groups excluding tert-OH is 3. The quantitative estimate of drug-likeness (QED) is 0.280. The van der Waals surface area contributed by atoms with E-state index < -0.39 is 18.3 Å². The molecule has 5 atom stereocenters. The lowest BCUT2D eigenvalue weighted by atomic mass is 9.89. The zero-order chi connectivity index (χ0) is 19.4. The minimum atomic E-state index is -0.568. The van der Waals surface area contributed by atoms with Crippen LogP contribution in [-0.4, -0.2) is 46.7 Å². The molecule has 0 radical (unpaired) electrons. The summed E-state index contributed by atoms with van der Waals surface area (Å²) in [4.78, 5) is 11.1. The third-order valence-corrected chi connectivity index (χ3v) is 5.13. The van der Waals surface area contributed by atoms with Crippen LogP contribution >= 0.6 is 0 Å². The predicted octanol–water partition coefficient (Wildman–Crippen LogP) is 3.13. The van der Waals surface area contributed by atoms with Gasteiger partial charge in [0.2, 0.25) is 0 Å². The van der Waals surface area contributed by atoms with E-state index in [2.05, 4.69) is 11.7 Å². The second-order valence-electron chi connectivity index (χ2n) is 7.24. The van der Waals surface area contributed by atoms with Crippen molar-refractivity contribution >= 4 is 5.97 Å². The second-order valence-corrected chi connectivity index (χ2v) is 7.24. The van der Waals surface area contributed by atoms with Crippen LogP contribution in [0.5, 0.6) is 0 Å². The molecule has 26 heavy (non-hydrogen) atoms. The number of hydrogen-bond donors (Lipinski definition) is 3. The first-order chi connectivity index (χ1) is 12.5. The van der Waals surface area contributed by atoms with Crippen LogP contribution in [0.15, 0.2) is 24.3 Å². The van der Waals surface area contributed by atoms with Gasteiger partial charge in [0.1, 0.15) is 0 Å². The van der Waals surface area contributed by atoms with Gasteiger partial charge in [-0.2, -0.15) is 0 Å². The van der Waals surface area contributed by atoms with Crippen LogP contribution in [0.2, 0.25) is 0 Å². The molecule has 1 fully saturated rings. The maximum absolute atomic E-state index is 11.1. The number of hydrogen-bond acceptors (Lipinski definition) is 5. The molecule has 1 rings (SSSR count). The summed E-state index contributed by atoms with van der Waals surface area (Å²) in [7, 11) is 1.39. The molecule has 0 spiro atoms. The molecule has 0 aromatic rings.